The molecular formula is C26H35N3O3S. The van der Waals surface area contributed by atoms with Crippen LogP contribution in [0.1, 0.15) is 47.7 Å². The van der Waals surface area contributed by atoms with Crippen molar-refractivity contribution in [1.29, 1.82) is 0 Å². The fourth-order valence-electron chi connectivity index (χ4n) is 4.80. The second-order valence-electron chi connectivity index (χ2n) is 9.65. The van der Waals surface area contributed by atoms with E-state index in [1.807, 2.05) is 32.0 Å². The lowest BCUT2D eigenvalue weighted by Crippen LogP contribution is -2.38. The number of nitrogens with one attached hydrogen (secondary N) is 1. The Hall–Kier alpha value is -2.38. The molecule has 2 aliphatic rings. The van der Waals surface area contributed by atoms with Gasteiger partial charge in [-0.25, -0.2) is 8.42 Å². The number of hydrogen-bond acceptors (Lipinski definition) is 4. The summed E-state index contributed by atoms with van der Waals surface area (Å²) in [6.07, 6.45) is 2.77. The summed E-state index contributed by atoms with van der Waals surface area (Å²) in [5, 5.41) is 3.05. The van der Waals surface area contributed by atoms with Crippen molar-refractivity contribution in [3.63, 3.8) is 0 Å². The van der Waals surface area contributed by atoms with Crippen LogP contribution in [0.15, 0.2) is 47.4 Å². The van der Waals surface area contributed by atoms with Crippen molar-refractivity contribution < 1.29 is 13.2 Å². The van der Waals surface area contributed by atoms with Gasteiger partial charge >= 0.3 is 0 Å². The van der Waals surface area contributed by atoms with E-state index in [4.69, 9.17) is 0 Å². The third-order valence-electron chi connectivity index (χ3n) is 7.20. The van der Waals surface area contributed by atoms with Gasteiger partial charge < -0.3 is 10.2 Å². The van der Waals surface area contributed by atoms with Crippen LogP contribution in [-0.2, 0) is 10.0 Å². The van der Waals surface area contributed by atoms with E-state index in [2.05, 4.69) is 29.3 Å². The Kier molecular flexibility index (Phi) is 7.10. The van der Waals surface area contributed by atoms with Crippen LogP contribution in [0, 0.1) is 25.7 Å². The Morgan fingerprint density at radius 2 is 1.73 bits per heavy atom. The average molecular weight is 470 g/mol. The second kappa shape index (κ2) is 9.85. The molecule has 0 saturated carbocycles. The Morgan fingerprint density at radius 1 is 1.03 bits per heavy atom. The molecule has 0 aliphatic carbocycles. The van der Waals surface area contributed by atoms with Gasteiger partial charge in [0.15, 0.2) is 0 Å². The molecule has 1 atom stereocenters. The lowest BCUT2D eigenvalue weighted by atomic mass is 10.0. The van der Waals surface area contributed by atoms with Gasteiger partial charge in [0, 0.05) is 44.0 Å². The van der Waals surface area contributed by atoms with E-state index < -0.39 is 10.0 Å². The molecule has 7 heteroatoms. The van der Waals surface area contributed by atoms with E-state index in [1.165, 1.54) is 5.69 Å². The number of aryl methyl sites for hydroxylation is 1. The van der Waals surface area contributed by atoms with Gasteiger partial charge in [0.05, 0.1) is 4.90 Å². The summed E-state index contributed by atoms with van der Waals surface area (Å²) in [5.41, 5.74) is 3.17. The summed E-state index contributed by atoms with van der Waals surface area (Å²) in [6, 6.07) is 13.7. The molecule has 0 radical (unpaired) electrons. The maximum atomic E-state index is 13.4. The van der Waals surface area contributed by atoms with Gasteiger partial charge in [-0.05, 0) is 80.3 Å². The van der Waals surface area contributed by atoms with Crippen LogP contribution in [0.3, 0.4) is 0 Å². The van der Waals surface area contributed by atoms with Crippen LogP contribution in [0.2, 0.25) is 0 Å². The predicted octanol–water partition coefficient (Wildman–Crippen LogP) is 3.98. The van der Waals surface area contributed by atoms with Crippen LogP contribution in [-0.4, -0.2) is 51.4 Å². The molecule has 1 unspecified atom stereocenters. The van der Waals surface area contributed by atoms with E-state index >= 15 is 0 Å². The van der Waals surface area contributed by atoms with Crippen molar-refractivity contribution in [3.8, 4) is 0 Å². The van der Waals surface area contributed by atoms with Crippen molar-refractivity contribution in [1.82, 2.24) is 9.62 Å². The largest absolute Gasteiger partial charge is 0.371 e. The van der Waals surface area contributed by atoms with Crippen molar-refractivity contribution in [2.45, 2.75) is 44.9 Å². The molecule has 2 aliphatic heterocycles. The molecule has 2 fully saturated rings. The molecule has 1 amide bonds. The topological polar surface area (TPSA) is 69.7 Å². The van der Waals surface area contributed by atoms with Crippen LogP contribution in [0.5, 0.6) is 0 Å². The molecule has 0 aromatic heterocycles. The van der Waals surface area contributed by atoms with E-state index in [9.17, 15) is 13.2 Å². The number of para-hydroxylation sites is 1. The Morgan fingerprint density at radius 3 is 2.42 bits per heavy atom. The number of hydrogen-bond donors (Lipinski definition) is 1. The molecule has 1 N–H and O–H groups in total. The third kappa shape index (κ3) is 5.25. The first-order chi connectivity index (χ1) is 15.8. The highest BCUT2D eigenvalue weighted by Gasteiger charge is 2.30. The molecule has 2 aromatic rings. The molecule has 2 heterocycles. The number of benzene rings is 2. The van der Waals surface area contributed by atoms with Gasteiger partial charge in [-0.15, -0.1) is 0 Å². The maximum absolute atomic E-state index is 13.4. The minimum atomic E-state index is -3.62. The van der Waals surface area contributed by atoms with Gasteiger partial charge in [-0.1, -0.05) is 25.1 Å². The number of anilines is 1. The Labute approximate surface area is 198 Å². The summed E-state index contributed by atoms with van der Waals surface area (Å²) >= 11 is 0. The SMILES string of the molecule is Cc1cc(C(=O)NCC2CCN(c3ccccc3)C2)cc(S(=O)(=O)N2CCC(C)CC2)c1C. The number of piperidine rings is 1. The maximum Gasteiger partial charge on any atom is 0.251 e. The second-order valence-corrected chi connectivity index (χ2v) is 11.6. The molecule has 0 spiro atoms. The minimum absolute atomic E-state index is 0.208. The highest BCUT2D eigenvalue weighted by atomic mass is 32.2. The van der Waals surface area contributed by atoms with Crippen molar-refractivity contribution in [3.05, 3.63) is 59.2 Å². The molecule has 178 valence electrons. The van der Waals surface area contributed by atoms with Crippen LogP contribution in [0.4, 0.5) is 5.69 Å². The number of carbonyl (C=O) groups is 1. The summed E-state index contributed by atoms with van der Waals surface area (Å²) in [6.45, 7) is 9.41. The Bertz CT molecular complexity index is 1090. The first kappa shape index (κ1) is 23.8. The van der Waals surface area contributed by atoms with Crippen molar-refractivity contribution >= 4 is 21.6 Å². The predicted molar refractivity (Wildman–Crippen MR) is 132 cm³/mol. The first-order valence-electron chi connectivity index (χ1n) is 12.0. The molecule has 6 nitrogen and oxygen atoms in total. The van der Waals surface area contributed by atoms with Gasteiger partial charge in [0.2, 0.25) is 10.0 Å². The van der Waals surface area contributed by atoms with Gasteiger partial charge in [0.1, 0.15) is 0 Å². The minimum Gasteiger partial charge on any atom is -0.371 e. The number of carbonyl (C=O) groups excluding carboxylic acids is 1. The summed E-state index contributed by atoms with van der Waals surface area (Å²) in [5.74, 6) is 0.712. The molecule has 2 aromatic carbocycles. The first-order valence-corrected chi connectivity index (χ1v) is 13.4. The van der Waals surface area contributed by atoms with E-state index in [-0.39, 0.29) is 10.8 Å². The zero-order chi connectivity index (χ0) is 23.6. The monoisotopic (exact) mass is 469 g/mol. The van der Waals surface area contributed by atoms with E-state index in [1.54, 1.807) is 16.4 Å². The molecule has 33 heavy (non-hydrogen) atoms. The number of nitrogens with zero attached hydrogens (tertiary/aromatic N) is 2. The molecule has 2 saturated heterocycles. The van der Waals surface area contributed by atoms with Gasteiger partial charge in [-0.3, -0.25) is 4.79 Å². The summed E-state index contributed by atoms with van der Waals surface area (Å²) < 4.78 is 28.3. The molecular weight excluding hydrogens is 434 g/mol. The van der Waals surface area contributed by atoms with Crippen LogP contribution < -0.4 is 10.2 Å². The zero-order valence-electron chi connectivity index (χ0n) is 19.9. The normalized spacial score (nSPS) is 20.2. The average Bonchev–Trinajstić information content (AvgIpc) is 3.29. The van der Waals surface area contributed by atoms with Gasteiger partial charge in [-0.2, -0.15) is 4.31 Å². The lowest BCUT2D eigenvalue weighted by molar-refractivity contribution is 0.0948. The smallest absolute Gasteiger partial charge is 0.251 e. The fourth-order valence-corrected chi connectivity index (χ4v) is 6.60. The summed E-state index contributed by atoms with van der Waals surface area (Å²) in [4.78, 5) is 15.6. The van der Waals surface area contributed by atoms with Crippen molar-refractivity contribution in [2.75, 3.05) is 37.6 Å². The zero-order valence-corrected chi connectivity index (χ0v) is 20.7. The highest BCUT2D eigenvalue weighted by Crippen LogP contribution is 2.28. The third-order valence-corrected chi connectivity index (χ3v) is 9.23. The van der Waals surface area contributed by atoms with E-state index in [0.29, 0.717) is 37.0 Å². The van der Waals surface area contributed by atoms with Gasteiger partial charge in [0.25, 0.3) is 5.91 Å². The van der Waals surface area contributed by atoms with Crippen molar-refractivity contribution in [2.24, 2.45) is 11.8 Å². The Balaban J connectivity index is 1.44. The van der Waals surface area contributed by atoms with Crippen LogP contribution >= 0.6 is 0 Å². The molecule has 0 bridgehead atoms. The number of rotatable bonds is 6. The summed E-state index contributed by atoms with van der Waals surface area (Å²) in [7, 11) is -3.62. The van der Waals surface area contributed by atoms with Crippen LogP contribution in [0.25, 0.3) is 0 Å². The quantitative estimate of drug-likeness (QED) is 0.695. The highest BCUT2D eigenvalue weighted by molar-refractivity contribution is 7.89. The van der Waals surface area contributed by atoms with E-state index in [0.717, 1.165) is 43.5 Å². The standard InChI is InChI=1S/C26H35N3O3S/c1-19-9-13-29(14-10-19)33(31,32)25-16-23(15-20(2)21(25)3)26(30)27-17-22-11-12-28(18-22)24-7-5-4-6-8-24/h4-8,15-16,19,22H,9-14,17-18H2,1-3H3,(H,27,30). The number of amides is 1. The molecule has 4 rings (SSSR count). The lowest BCUT2D eigenvalue weighted by Gasteiger charge is -2.30. The number of sulfonamides is 1. The fraction of sp³-hybridized carbons (Fsp3) is 0.500.